The smallest absolute Gasteiger partial charge is 0.227 e. The summed E-state index contributed by atoms with van der Waals surface area (Å²) in [4.78, 5) is 14.7. The van der Waals surface area contributed by atoms with Gasteiger partial charge in [-0.05, 0) is 12.5 Å². The van der Waals surface area contributed by atoms with Crippen molar-refractivity contribution in [2.24, 2.45) is 13.0 Å². The van der Waals surface area contributed by atoms with Gasteiger partial charge in [-0.2, -0.15) is 9.40 Å². The highest BCUT2D eigenvalue weighted by atomic mass is 35.5. The summed E-state index contributed by atoms with van der Waals surface area (Å²) < 4.78 is 27.1. The molecule has 10 heteroatoms. The van der Waals surface area contributed by atoms with E-state index in [4.69, 9.17) is 0 Å². The average Bonchev–Trinajstić information content (AvgIpc) is 3.23. The van der Waals surface area contributed by atoms with Gasteiger partial charge in [-0.25, -0.2) is 8.42 Å². The molecule has 142 valence electrons. The summed E-state index contributed by atoms with van der Waals surface area (Å²) in [5.74, 6) is 0.242. The van der Waals surface area contributed by atoms with Crippen LogP contribution in [0.25, 0.3) is 0 Å². The summed E-state index contributed by atoms with van der Waals surface area (Å²) >= 11 is 0. The summed E-state index contributed by atoms with van der Waals surface area (Å²) in [6, 6.07) is 0. The fourth-order valence-electron chi connectivity index (χ4n) is 3.52. The van der Waals surface area contributed by atoms with Crippen LogP contribution in [-0.2, 0) is 21.9 Å². The molecular weight excluding hydrogens is 366 g/mol. The zero-order valence-corrected chi connectivity index (χ0v) is 16.2. The van der Waals surface area contributed by atoms with Crippen LogP contribution in [0.5, 0.6) is 0 Å². The molecule has 0 bridgehead atoms. The van der Waals surface area contributed by atoms with Crippen LogP contribution in [0, 0.1) is 5.92 Å². The Bertz CT molecular complexity index is 700. The molecule has 1 N–H and O–H groups in total. The fourth-order valence-corrected chi connectivity index (χ4v) is 4.61. The molecule has 0 spiro atoms. The number of carbonyl (C=O) groups excluding carboxylic acids is 1. The molecule has 2 fully saturated rings. The number of hydrogen-bond acceptors (Lipinski definition) is 5. The van der Waals surface area contributed by atoms with E-state index in [9.17, 15) is 13.2 Å². The highest BCUT2D eigenvalue weighted by Crippen LogP contribution is 2.29. The number of aromatic nitrogens is 2. The Morgan fingerprint density at radius 1 is 1.28 bits per heavy atom. The normalized spacial score (nSPS) is 25.0. The van der Waals surface area contributed by atoms with Crippen LogP contribution in [0.2, 0.25) is 0 Å². The van der Waals surface area contributed by atoms with E-state index in [2.05, 4.69) is 10.4 Å². The summed E-state index contributed by atoms with van der Waals surface area (Å²) in [5, 5.41) is 7.51. The quantitative estimate of drug-likeness (QED) is 0.757. The van der Waals surface area contributed by atoms with Crippen LogP contribution in [0.4, 0.5) is 0 Å². The van der Waals surface area contributed by atoms with Gasteiger partial charge in [-0.1, -0.05) is 0 Å². The van der Waals surface area contributed by atoms with Crippen molar-refractivity contribution in [1.82, 2.24) is 24.3 Å². The first kappa shape index (κ1) is 20.2. The number of rotatable bonds is 4. The molecule has 2 atom stereocenters. The van der Waals surface area contributed by atoms with Crippen molar-refractivity contribution in [3.63, 3.8) is 0 Å². The van der Waals surface area contributed by atoms with Gasteiger partial charge in [-0.3, -0.25) is 9.48 Å². The van der Waals surface area contributed by atoms with E-state index in [1.807, 2.05) is 24.3 Å². The number of halogens is 1. The van der Waals surface area contributed by atoms with Crippen molar-refractivity contribution < 1.29 is 13.2 Å². The van der Waals surface area contributed by atoms with E-state index in [1.54, 1.807) is 11.6 Å². The van der Waals surface area contributed by atoms with Crippen molar-refractivity contribution in [2.75, 3.05) is 45.0 Å². The Hall–Kier alpha value is -1.16. The molecule has 0 radical (unpaired) electrons. The highest BCUT2D eigenvalue weighted by Gasteiger charge is 2.38. The maximum atomic E-state index is 12.9. The van der Waals surface area contributed by atoms with Crippen LogP contribution >= 0.6 is 12.4 Å². The third-order valence-corrected chi connectivity index (χ3v) is 6.87. The van der Waals surface area contributed by atoms with Gasteiger partial charge >= 0.3 is 0 Å². The predicted molar refractivity (Wildman–Crippen MR) is 97.2 cm³/mol. The van der Waals surface area contributed by atoms with E-state index in [0.29, 0.717) is 32.7 Å². The molecule has 1 aromatic heterocycles. The lowest BCUT2D eigenvalue weighted by Crippen LogP contribution is -2.52. The number of nitrogens with one attached hydrogen (secondary N) is 1. The maximum absolute atomic E-state index is 12.9. The van der Waals surface area contributed by atoms with E-state index in [-0.39, 0.29) is 35.9 Å². The molecule has 3 heterocycles. The number of carbonyl (C=O) groups is 1. The first-order valence-electron chi connectivity index (χ1n) is 8.38. The van der Waals surface area contributed by atoms with Crippen molar-refractivity contribution in [3.05, 3.63) is 18.0 Å². The van der Waals surface area contributed by atoms with E-state index < -0.39 is 10.0 Å². The molecular formula is C15H26ClN5O3S. The number of amides is 1. The Morgan fingerprint density at radius 3 is 2.52 bits per heavy atom. The van der Waals surface area contributed by atoms with Gasteiger partial charge in [0.2, 0.25) is 15.9 Å². The van der Waals surface area contributed by atoms with Gasteiger partial charge < -0.3 is 10.2 Å². The molecule has 0 saturated carbocycles. The number of hydrogen-bond donors (Lipinski definition) is 1. The Labute approximate surface area is 155 Å². The summed E-state index contributed by atoms with van der Waals surface area (Å²) in [6.45, 7) is 4.79. The average molecular weight is 392 g/mol. The lowest BCUT2D eigenvalue weighted by molar-refractivity contribution is -0.136. The van der Waals surface area contributed by atoms with Crippen molar-refractivity contribution in [1.29, 1.82) is 0 Å². The van der Waals surface area contributed by atoms with Gasteiger partial charge in [0, 0.05) is 58.4 Å². The molecule has 2 saturated heterocycles. The zero-order valence-electron chi connectivity index (χ0n) is 14.6. The van der Waals surface area contributed by atoms with Crippen molar-refractivity contribution in [2.45, 2.75) is 12.8 Å². The first-order chi connectivity index (χ1) is 11.4. The van der Waals surface area contributed by atoms with E-state index >= 15 is 0 Å². The predicted octanol–water partition coefficient (Wildman–Crippen LogP) is -0.361. The summed E-state index contributed by atoms with van der Waals surface area (Å²) in [7, 11) is -1.30. The second kappa shape index (κ2) is 8.03. The minimum absolute atomic E-state index is 0. The number of aryl methyl sites for hydroxylation is 1. The minimum Gasteiger partial charge on any atom is -0.340 e. The van der Waals surface area contributed by atoms with Gasteiger partial charge in [0.15, 0.2) is 0 Å². The van der Waals surface area contributed by atoms with Gasteiger partial charge in [0.25, 0.3) is 0 Å². The molecule has 25 heavy (non-hydrogen) atoms. The van der Waals surface area contributed by atoms with E-state index in [0.717, 1.165) is 12.1 Å². The van der Waals surface area contributed by atoms with Crippen LogP contribution in [0.1, 0.15) is 18.4 Å². The molecule has 0 aromatic carbocycles. The second-order valence-corrected chi connectivity index (χ2v) is 8.70. The summed E-state index contributed by atoms with van der Waals surface area (Å²) in [5.41, 5.74) is 1.08. The molecule has 1 amide bonds. The molecule has 0 aliphatic carbocycles. The highest BCUT2D eigenvalue weighted by molar-refractivity contribution is 7.89. The molecule has 2 aliphatic heterocycles. The Kier molecular flexibility index (Phi) is 6.47. The van der Waals surface area contributed by atoms with Gasteiger partial charge in [-0.15, -0.1) is 12.4 Å². The van der Waals surface area contributed by atoms with E-state index in [1.165, 1.54) is 4.31 Å². The Balaban J connectivity index is 0.00000225. The third-order valence-electron chi connectivity index (χ3n) is 4.99. The molecule has 3 rings (SSSR count). The lowest BCUT2D eigenvalue weighted by atomic mass is 9.89. The third kappa shape index (κ3) is 4.16. The number of piperazine rings is 1. The first-order valence-corrected chi connectivity index (χ1v) is 9.99. The standard InChI is InChI=1S/C15H25N5O3S.ClH/c1-3-24(22,23)20-6-4-19(5-7-20)15(21)14-10-16-9-13(14)12-8-17-18(2)11-12;/h8,11,13-14,16H,3-7,9-10H2,1-2H3;1H/t13-,14+;/m1./s1. The van der Waals surface area contributed by atoms with Crippen molar-refractivity contribution in [3.8, 4) is 0 Å². The lowest BCUT2D eigenvalue weighted by Gasteiger charge is -2.35. The largest absolute Gasteiger partial charge is 0.340 e. The van der Waals surface area contributed by atoms with Crippen molar-refractivity contribution >= 4 is 28.3 Å². The maximum Gasteiger partial charge on any atom is 0.227 e. The molecule has 0 unspecified atom stereocenters. The van der Waals surface area contributed by atoms with Gasteiger partial charge in [0.1, 0.15) is 0 Å². The van der Waals surface area contributed by atoms with Gasteiger partial charge in [0.05, 0.1) is 17.9 Å². The topological polar surface area (TPSA) is 87.5 Å². The number of sulfonamides is 1. The van der Waals surface area contributed by atoms with Crippen LogP contribution < -0.4 is 5.32 Å². The van der Waals surface area contributed by atoms with Crippen LogP contribution in [0.3, 0.4) is 0 Å². The summed E-state index contributed by atoms with van der Waals surface area (Å²) in [6.07, 6.45) is 3.79. The zero-order chi connectivity index (χ0) is 17.3. The minimum atomic E-state index is -3.17. The molecule has 8 nitrogen and oxygen atoms in total. The monoisotopic (exact) mass is 391 g/mol. The number of nitrogens with zero attached hydrogens (tertiary/aromatic N) is 4. The molecule has 1 aromatic rings. The Morgan fingerprint density at radius 2 is 1.96 bits per heavy atom. The fraction of sp³-hybridized carbons (Fsp3) is 0.733. The second-order valence-electron chi connectivity index (χ2n) is 6.44. The van der Waals surface area contributed by atoms with Crippen LogP contribution in [-0.4, -0.2) is 78.3 Å². The molecule has 2 aliphatic rings. The van der Waals surface area contributed by atoms with Crippen LogP contribution in [0.15, 0.2) is 12.4 Å². The SMILES string of the molecule is CCS(=O)(=O)N1CCN(C(=O)[C@H]2CNC[C@@H]2c2cnn(C)c2)CC1.Cl.